The zero-order chi connectivity index (χ0) is 21.6. The molecule has 0 aromatic heterocycles. The Kier molecular flexibility index (Phi) is 7.21. The van der Waals surface area contributed by atoms with Gasteiger partial charge in [-0.15, -0.1) is 6.58 Å². The molecule has 30 heavy (non-hydrogen) atoms. The van der Waals surface area contributed by atoms with Crippen LogP contribution in [0.2, 0.25) is 0 Å². The zero-order valence-electron chi connectivity index (χ0n) is 17.5. The molecule has 1 fully saturated rings. The van der Waals surface area contributed by atoms with Crippen LogP contribution in [-0.2, 0) is 20.8 Å². The minimum absolute atomic E-state index is 0.355. The summed E-state index contributed by atoms with van der Waals surface area (Å²) in [6.07, 6.45) is 1.94. The number of carbonyl (C=O) groups excluding carboxylic acids is 1. The predicted octanol–water partition coefficient (Wildman–Crippen LogP) is 4.26. The van der Waals surface area contributed by atoms with Gasteiger partial charge >= 0.3 is 5.97 Å². The highest BCUT2D eigenvalue weighted by molar-refractivity contribution is 5.89. The second-order valence-electron chi connectivity index (χ2n) is 7.66. The largest absolute Gasteiger partial charge is 0.453 e. The fourth-order valence-corrected chi connectivity index (χ4v) is 3.56. The first-order valence-corrected chi connectivity index (χ1v) is 10.1. The van der Waals surface area contributed by atoms with Gasteiger partial charge in [0.05, 0.1) is 11.6 Å². The summed E-state index contributed by atoms with van der Waals surface area (Å²) in [4.78, 5) is 12.7. The van der Waals surface area contributed by atoms with E-state index in [1.165, 1.54) is 0 Å². The van der Waals surface area contributed by atoms with Crippen molar-refractivity contribution in [3.63, 3.8) is 0 Å². The Morgan fingerprint density at radius 1 is 1.10 bits per heavy atom. The third-order valence-electron chi connectivity index (χ3n) is 4.97. The molecule has 0 unspecified atom stereocenters. The lowest BCUT2D eigenvalue weighted by atomic mass is 9.99. The van der Waals surface area contributed by atoms with Crippen molar-refractivity contribution < 1.29 is 19.0 Å². The van der Waals surface area contributed by atoms with Crippen molar-refractivity contribution in [1.82, 2.24) is 5.32 Å². The number of carbonyl (C=O) groups is 1. The van der Waals surface area contributed by atoms with Crippen molar-refractivity contribution in [2.24, 2.45) is 0 Å². The smallest absolute Gasteiger partial charge is 0.338 e. The van der Waals surface area contributed by atoms with Crippen molar-refractivity contribution in [2.45, 2.75) is 50.5 Å². The maximum atomic E-state index is 12.7. The number of nitrogens with one attached hydrogen (secondary N) is 1. The van der Waals surface area contributed by atoms with Crippen molar-refractivity contribution in [3.8, 4) is 0 Å². The minimum atomic E-state index is -0.772. The number of hydrogen-bond acceptors (Lipinski definition) is 5. The monoisotopic (exact) mass is 407 g/mol. The Hall–Kier alpha value is -2.73. The summed E-state index contributed by atoms with van der Waals surface area (Å²) in [6, 6.07) is 18.5. The molecule has 0 radical (unpaired) electrons. The van der Waals surface area contributed by atoms with Gasteiger partial charge in [0, 0.05) is 6.54 Å². The molecule has 1 N–H and O–H groups in total. The fraction of sp³-hybridized carbons (Fsp3) is 0.320. The summed E-state index contributed by atoms with van der Waals surface area (Å²) >= 11 is 0. The highest BCUT2D eigenvalue weighted by atomic mass is 16.8. The van der Waals surface area contributed by atoms with Crippen LogP contribution in [-0.4, -0.2) is 36.1 Å². The molecule has 3 rings (SSSR count). The molecule has 0 saturated carbocycles. The lowest BCUT2D eigenvalue weighted by Crippen LogP contribution is -2.52. The van der Waals surface area contributed by atoms with Gasteiger partial charge in [0.25, 0.3) is 0 Å². The van der Waals surface area contributed by atoms with Crippen LogP contribution in [0.25, 0.3) is 0 Å². The zero-order valence-corrected chi connectivity index (χ0v) is 17.5. The molecule has 0 spiro atoms. The van der Waals surface area contributed by atoms with Crippen molar-refractivity contribution in [2.75, 3.05) is 0 Å². The molecule has 158 valence electrons. The van der Waals surface area contributed by atoms with Crippen LogP contribution < -0.4 is 5.32 Å². The van der Waals surface area contributed by atoms with Crippen molar-refractivity contribution in [1.29, 1.82) is 0 Å². The van der Waals surface area contributed by atoms with Gasteiger partial charge in [-0.1, -0.05) is 61.2 Å². The van der Waals surface area contributed by atoms with E-state index in [1.807, 2.05) is 50.2 Å². The lowest BCUT2D eigenvalue weighted by Gasteiger charge is -2.32. The third kappa shape index (κ3) is 5.45. The summed E-state index contributed by atoms with van der Waals surface area (Å²) in [5, 5.41) is 3.49. The van der Waals surface area contributed by atoms with Gasteiger partial charge in [0.1, 0.15) is 18.3 Å². The van der Waals surface area contributed by atoms with E-state index in [0.717, 1.165) is 5.56 Å². The minimum Gasteiger partial charge on any atom is -0.453 e. The van der Waals surface area contributed by atoms with Crippen LogP contribution in [0.4, 0.5) is 0 Å². The van der Waals surface area contributed by atoms with E-state index in [0.29, 0.717) is 12.1 Å². The summed E-state index contributed by atoms with van der Waals surface area (Å²) in [6.45, 7) is 12.1. The first-order valence-electron chi connectivity index (χ1n) is 10.1. The molecule has 2 aromatic carbocycles. The van der Waals surface area contributed by atoms with Crippen LogP contribution in [0.15, 0.2) is 86.0 Å². The van der Waals surface area contributed by atoms with Crippen LogP contribution in [0.1, 0.15) is 29.8 Å². The Balaban J connectivity index is 1.83. The van der Waals surface area contributed by atoms with E-state index >= 15 is 0 Å². The van der Waals surface area contributed by atoms with Crippen LogP contribution >= 0.6 is 0 Å². The SMILES string of the molecule is C=C[C@H](OC(=O)c1ccccc1)[C@H](NCc1ccccc1)[C@@H]1OC(C)(C)O[C@@H]1C=C. The third-order valence-corrected chi connectivity index (χ3v) is 4.97. The van der Waals surface area contributed by atoms with Gasteiger partial charge in [-0.25, -0.2) is 4.79 Å². The van der Waals surface area contributed by atoms with Crippen molar-refractivity contribution >= 4 is 5.97 Å². The topological polar surface area (TPSA) is 56.8 Å². The highest BCUT2D eigenvalue weighted by Crippen LogP contribution is 2.32. The molecule has 5 nitrogen and oxygen atoms in total. The molecule has 4 atom stereocenters. The fourth-order valence-electron chi connectivity index (χ4n) is 3.56. The molecule has 0 bridgehead atoms. The average molecular weight is 408 g/mol. The van der Waals surface area contributed by atoms with E-state index in [1.54, 1.807) is 36.4 Å². The summed E-state index contributed by atoms with van der Waals surface area (Å²) in [5.41, 5.74) is 1.59. The van der Waals surface area contributed by atoms with E-state index in [4.69, 9.17) is 14.2 Å². The maximum absolute atomic E-state index is 12.7. The molecule has 1 aliphatic heterocycles. The van der Waals surface area contributed by atoms with E-state index in [-0.39, 0.29) is 12.1 Å². The molecule has 1 saturated heterocycles. The standard InChI is InChI=1S/C25H29NO4/c1-5-20(28-24(27)19-15-11-8-12-16-19)22(26-17-18-13-9-7-10-14-18)23-21(6-2)29-25(3,4)30-23/h5-16,20-23,26H,1-2,17H2,3-4H3/t20-,21+,22-,23+/m0/s1. The Labute approximate surface area is 178 Å². The Morgan fingerprint density at radius 2 is 1.73 bits per heavy atom. The van der Waals surface area contributed by atoms with Gasteiger partial charge in [-0.05, 0) is 37.6 Å². The number of esters is 1. The normalized spacial score (nSPS) is 22.1. The summed E-state index contributed by atoms with van der Waals surface area (Å²) in [5.74, 6) is -1.19. The predicted molar refractivity (Wildman–Crippen MR) is 117 cm³/mol. The van der Waals surface area contributed by atoms with E-state index in [9.17, 15) is 4.79 Å². The molecule has 2 aromatic rings. The lowest BCUT2D eigenvalue weighted by molar-refractivity contribution is -0.148. The highest BCUT2D eigenvalue weighted by Gasteiger charge is 2.46. The van der Waals surface area contributed by atoms with E-state index < -0.39 is 24.0 Å². The second kappa shape index (κ2) is 9.85. The van der Waals surface area contributed by atoms with Crippen LogP contribution in [0.3, 0.4) is 0 Å². The average Bonchev–Trinajstić information content (AvgIpc) is 3.08. The molecule has 5 heteroatoms. The quantitative estimate of drug-likeness (QED) is 0.497. The second-order valence-corrected chi connectivity index (χ2v) is 7.66. The maximum Gasteiger partial charge on any atom is 0.338 e. The van der Waals surface area contributed by atoms with Gasteiger partial charge in [0.15, 0.2) is 5.79 Å². The molecule has 0 amide bonds. The Morgan fingerprint density at radius 3 is 2.33 bits per heavy atom. The van der Waals surface area contributed by atoms with Gasteiger partial charge in [-0.2, -0.15) is 0 Å². The number of ether oxygens (including phenoxy) is 3. The molecular weight excluding hydrogens is 378 g/mol. The van der Waals surface area contributed by atoms with Gasteiger partial charge in [0.2, 0.25) is 0 Å². The number of benzene rings is 2. The first-order chi connectivity index (χ1) is 14.4. The summed E-state index contributed by atoms with van der Waals surface area (Å²) < 4.78 is 18.0. The molecular formula is C25H29NO4. The van der Waals surface area contributed by atoms with Crippen LogP contribution in [0.5, 0.6) is 0 Å². The number of rotatable bonds is 9. The summed E-state index contributed by atoms with van der Waals surface area (Å²) in [7, 11) is 0. The number of hydrogen-bond donors (Lipinski definition) is 1. The Bertz CT molecular complexity index is 850. The molecule has 1 aliphatic rings. The first kappa shape index (κ1) is 22.0. The molecule has 1 heterocycles. The van der Waals surface area contributed by atoms with E-state index in [2.05, 4.69) is 18.5 Å². The molecule has 0 aliphatic carbocycles. The van der Waals surface area contributed by atoms with Gasteiger partial charge in [-0.3, -0.25) is 0 Å². The van der Waals surface area contributed by atoms with Gasteiger partial charge < -0.3 is 19.5 Å². The van der Waals surface area contributed by atoms with Crippen LogP contribution in [0, 0.1) is 0 Å². The van der Waals surface area contributed by atoms with Crippen molar-refractivity contribution in [3.05, 3.63) is 97.1 Å².